The number of nitrogens with zero attached hydrogens (tertiary/aromatic N) is 2. The molecule has 1 aliphatic heterocycles. The molecule has 2 aromatic rings. The Bertz CT molecular complexity index is 1020. The zero-order valence-electron chi connectivity index (χ0n) is 14.9. The number of nitrogens with one attached hydrogen (secondary N) is 2. The van der Waals surface area contributed by atoms with Gasteiger partial charge in [-0.2, -0.15) is 0 Å². The number of non-ortho nitro benzene ring substituents is 1. The minimum absolute atomic E-state index is 0.0466. The molecule has 1 fully saturated rings. The van der Waals surface area contributed by atoms with Crippen LogP contribution in [-0.2, 0) is 14.8 Å². The molecular weight excluding hydrogens is 388 g/mol. The molecule has 0 bridgehead atoms. The topological polar surface area (TPSA) is 131 Å². The molecule has 11 heteroatoms. The van der Waals surface area contributed by atoms with E-state index in [2.05, 4.69) is 10.0 Å². The molecule has 148 valence electrons. The normalized spacial score (nSPS) is 14.3. The molecule has 1 amide bonds. The van der Waals surface area contributed by atoms with Crippen molar-refractivity contribution < 1.29 is 22.9 Å². The number of rotatable bonds is 6. The van der Waals surface area contributed by atoms with Gasteiger partial charge in [0.05, 0.1) is 30.0 Å². The van der Waals surface area contributed by atoms with Gasteiger partial charge >= 0.3 is 0 Å². The fourth-order valence-corrected chi connectivity index (χ4v) is 4.18. The Labute approximate surface area is 161 Å². The number of sulfonamides is 1. The van der Waals surface area contributed by atoms with Crippen LogP contribution in [-0.4, -0.2) is 46.0 Å². The largest absolute Gasteiger partial charge is 0.495 e. The zero-order chi connectivity index (χ0) is 20.3. The summed E-state index contributed by atoms with van der Waals surface area (Å²) >= 11 is 0. The maximum atomic E-state index is 13.1. The van der Waals surface area contributed by atoms with E-state index in [0.29, 0.717) is 18.8 Å². The third-order valence-corrected chi connectivity index (χ3v) is 5.57. The first-order valence-electron chi connectivity index (χ1n) is 8.28. The number of methoxy groups -OCH3 is 1. The summed E-state index contributed by atoms with van der Waals surface area (Å²) in [5, 5.41) is 13.8. The van der Waals surface area contributed by atoms with Crippen LogP contribution in [0.15, 0.2) is 47.4 Å². The minimum atomic E-state index is -4.21. The summed E-state index contributed by atoms with van der Waals surface area (Å²) < 4.78 is 33.7. The summed E-state index contributed by atoms with van der Waals surface area (Å²) in [6, 6.07) is 9.95. The fourth-order valence-electron chi connectivity index (χ4n) is 2.87. The number of carbonyl (C=O) groups is 1. The molecule has 0 atom stereocenters. The first-order valence-corrected chi connectivity index (χ1v) is 9.76. The summed E-state index contributed by atoms with van der Waals surface area (Å²) in [6.07, 6.45) is 0. The minimum Gasteiger partial charge on any atom is -0.495 e. The van der Waals surface area contributed by atoms with Gasteiger partial charge in [0.1, 0.15) is 10.6 Å². The standard InChI is InChI=1S/C17H18N4O6S/c1-27-15-5-3-2-4-13(15)19-28(25,26)16-10-12(21(23)24)6-7-14(16)20-9-8-18-17(22)11-20/h2-7,10,19H,8-9,11H2,1H3,(H,18,22). The van der Waals surface area contributed by atoms with Crippen LogP contribution < -0.4 is 19.7 Å². The molecule has 0 saturated carbocycles. The van der Waals surface area contributed by atoms with Crippen LogP contribution >= 0.6 is 0 Å². The van der Waals surface area contributed by atoms with Crippen molar-refractivity contribution in [3.8, 4) is 5.75 Å². The predicted molar refractivity (Wildman–Crippen MR) is 102 cm³/mol. The fraction of sp³-hybridized carbons (Fsp3) is 0.235. The molecule has 3 rings (SSSR count). The Morgan fingerprint density at radius 2 is 2.00 bits per heavy atom. The van der Waals surface area contributed by atoms with E-state index in [9.17, 15) is 23.3 Å². The Balaban J connectivity index is 2.07. The predicted octanol–water partition coefficient (Wildman–Crippen LogP) is 1.34. The van der Waals surface area contributed by atoms with E-state index in [-0.39, 0.29) is 34.4 Å². The van der Waals surface area contributed by atoms with Gasteiger partial charge in [-0.3, -0.25) is 19.6 Å². The molecule has 1 saturated heterocycles. The Morgan fingerprint density at radius 3 is 2.68 bits per heavy atom. The summed E-state index contributed by atoms with van der Waals surface area (Å²) in [4.78, 5) is 23.5. The van der Waals surface area contributed by atoms with Gasteiger partial charge in [-0.15, -0.1) is 0 Å². The lowest BCUT2D eigenvalue weighted by Crippen LogP contribution is -2.48. The van der Waals surface area contributed by atoms with E-state index in [1.807, 2.05) is 0 Å². The van der Waals surface area contributed by atoms with Crippen molar-refractivity contribution in [2.75, 3.05) is 36.4 Å². The molecule has 2 N–H and O–H groups in total. The number of nitro groups is 1. The van der Waals surface area contributed by atoms with Gasteiger partial charge in [0.15, 0.2) is 0 Å². The smallest absolute Gasteiger partial charge is 0.270 e. The summed E-state index contributed by atoms with van der Waals surface area (Å²) in [5.41, 5.74) is 0.0345. The maximum Gasteiger partial charge on any atom is 0.270 e. The lowest BCUT2D eigenvalue weighted by molar-refractivity contribution is -0.385. The van der Waals surface area contributed by atoms with Crippen molar-refractivity contribution in [3.63, 3.8) is 0 Å². The van der Waals surface area contributed by atoms with Crippen LogP contribution in [0, 0.1) is 10.1 Å². The number of para-hydroxylation sites is 2. The SMILES string of the molecule is COc1ccccc1NS(=O)(=O)c1cc([N+](=O)[O-])ccc1N1CCNC(=O)C1. The highest BCUT2D eigenvalue weighted by Gasteiger charge is 2.28. The van der Waals surface area contributed by atoms with Crippen molar-refractivity contribution in [3.05, 3.63) is 52.6 Å². The van der Waals surface area contributed by atoms with Gasteiger partial charge in [-0.1, -0.05) is 12.1 Å². The van der Waals surface area contributed by atoms with Crippen LogP contribution in [0.3, 0.4) is 0 Å². The summed E-state index contributed by atoms with van der Waals surface area (Å²) in [6.45, 7) is 0.672. The molecule has 0 aliphatic carbocycles. The number of hydrogen-bond acceptors (Lipinski definition) is 7. The number of nitro benzene ring substituents is 1. The molecule has 10 nitrogen and oxygen atoms in total. The molecule has 0 radical (unpaired) electrons. The van der Waals surface area contributed by atoms with E-state index in [1.54, 1.807) is 23.1 Å². The Hall–Kier alpha value is -3.34. The molecule has 0 aromatic heterocycles. The zero-order valence-corrected chi connectivity index (χ0v) is 15.7. The van der Waals surface area contributed by atoms with Gasteiger partial charge < -0.3 is 15.0 Å². The number of piperazine rings is 1. The number of carbonyl (C=O) groups excluding carboxylic acids is 1. The Kier molecular flexibility index (Phi) is 5.36. The van der Waals surface area contributed by atoms with E-state index < -0.39 is 14.9 Å². The molecule has 28 heavy (non-hydrogen) atoms. The van der Waals surface area contributed by atoms with Crippen molar-refractivity contribution >= 4 is 33.0 Å². The highest BCUT2D eigenvalue weighted by molar-refractivity contribution is 7.93. The van der Waals surface area contributed by atoms with Gasteiger partial charge in [0.2, 0.25) is 5.91 Å². The highest BCUT2D eigenvalue weighted by atomic mass is 32.2. The number of anilines is 2. The van der Waals surface area contributed by atoms with E-state index in [0.717, 1.165) is 6.07 Å². The molecule has 0 spiro atoms. The molecular formula is C17H18N4O6S. The first kappa shape index (κ1) is 19.4. The van der Waals surface area contributed by atoms with Crippen molar-refractivity contribution in [2.45, 2.75) is 4.90 Å². The second-order valence-corrected chi connectivity index (χ2v) is 7.64. The van der Waals surface area contributed by atoms with Crippen molar-refractivity contribution in [1.82, 2.24) is 5.32 Å². The van der Waals surface area contributed by atoms with E-state index >= 15 is 0 Å². The maximum absolute atomic E-state index is 13.1. The third kappa shape index (κ3) is 3.98. The van der Waals surface area contributed by atoms with Crippen LogP contribution in [0.5, 0.6) is 5.75 Å². The molecule has 2 aromatic carbocycles. The Morgan fingerprint density at radius 1 is 1.25 bits per heavy atom. The quantitative estimate of drug-likeness (QED) is 0.547. The van der Waals surface area contributed by atoms with Gasteiger partial charge in [0.25, 0.3) is 15.7 Å². The highest BCUT2D eigenvalue weighted by Crippen LogP contribution is 2.33. The van der Waals surface area contributed by atoms with Crippen molar-refractivity contribution in [2.24, 2.45) is 0 Å². The van der Waals surface area contributed by atoms with Gasteiger partial charge in [0, 0.05) is 25.2 Å². The second kappa shape index (κ2) is 7.72. The number of amides is 1. The summed E-state index contributed by atoms with van der Waals surface area (Å²) in [7, 11) is -2.81. The molecule has 1 heterocycles. The van der Waals surface area contributed by atoms with Gasteiger partial charge in [-0.05, 0) is 18.2 Å². The number of ether oxygens (including phenoxy) is 1. The molecule has 0 unspecified atom stereocenters. The lowest BCUT2D eigenvalue weighted by Gasteiger charge is -2.30. The summed E-state index contributed by atoms with van der Waals surface area (Å²) in [5.74, 6) is 0.0426. The second-order valence-electron chi connectivity index (χ2n) is 5.99. The van der Waals surface area contributed by atoms with Crippen molar-refractivity contribution in [1.29, 1.82) is 0 Å². The molecule has 1 aliphatic rings. The first-order chi connectivity index (χ1) is 13.3. The van der Waals surface area contributed by atoms with Crippen LogP contribution in [0.25, 0.3) is 0 Å². The van der Waals surface area contributed by atoms with E-state index in [1.165, 1.54) is 25.3 Å². The van der Waals surface area contributed by atoms with E-state index in [4.69, 9.17) is 4.74 Å². The van der Waals surface area contributed by atoms with Gasteiger partial charge in [-0.25, -0.2) is 8.42 Å². The van der Waals surface area contributed by atoms with Crippen LogP contribution in [0.2, 0.25) is 0 Å². The van der Waals surface area contributed by atoms with Crippen LogP contribution in [0.1, 0.15) is 0 Å². The van der Waals surface area contributed by atoms with Crippen LogP contribution in [0.4, 0.5) is 17.1 Å². The lowest BCUT2D eigenvalue weighted by atomic mass is 10.2. The number of hydrogen-bond donors (Lipinski definition) is 2. The average Bonchev–Trinajstić information content (AvgIpc) is 2.67. The average molecular weight is 406 g/mol. The third-order valence-electron chi connectivity index (χ3n) is 4.17. The monoisotopic (exact) mass is 406 g/mol. The number of benzene rings is 2.